The fourth-order valence-electron chi connectivity index (χ4n) is 2.11. The van der Waals surface area contributed by atoms with Gasteiger partial charge in [0.05, 0.1) is 19.4 Å². The standard InChI is InChI=1S/C12H20N4O/c1-11(16-5-7-17-8-6-16)10-15(2)12-9-13-3-4-14-12/h3-4,9,11H,5-8,10H2,1-2H3/t11-/m0/s1. The van der Waals surface area contributed by atoms with Gasteiger partial charge in [0.15, 0.2) is 0 Å². The highest BCUT2D eigenvalue weighted by Crippen LogP contribution is 2.09. The first-order valence-electron chi connectivity index (χ1n) is 6.06. The molecule has 1 aliphatic rings. The Bertz CT molecular complexity index is 327. The van der Waals surface area contributed by atoms with Crippen LogP contribution < -0.4 is 4.90 Å². The molecule has 0 saturated carbocycles. The molecule has 0 radical (unpaired) electrons. The molecule has 1 aromatic rings. The largest absolute Gasteiger partial charge is 0.379 e. The van der Waals surface area contributed by atoms with Gasteiger partial charge in [0.2, 0.25) is 0 Å². The molecule has 0 amide bonds. The van der Waals surface area contributed by atoms with Crippen LogP contribution in [0.25, 0.3) is 0 Å². The fourth-order valence-corrected chi connectivity index (χ4v) is 2.11. The Balaban J connectivity index is 1.87. The fraction of sp³-hybridized carbons (Fsp3) is 0.667. The van der Waals surface area contributed by atoms with Crippen molar-refractivity contribution in [3.63, 3.8) is 0 Å². The van der Waals surface area contributed by atoms with E-state index < -0.39 is 0 Å². The molecule has 2 heterocycles. The van der Waals surface area contributed by atoms with Crippen LogP contribution in [0, 0.1) is 0 Å². The number of anilines is 1. The minimum atomic E-state index is 0.505. The van der Waals surface area contributed by atoms with Gasteiger partial charge in [-0.15, -0.1) is 0 Å². The van der Waals surface area contributed by atoms with Gasteiger partial charge in [0.1, 0.15) is 5.82 Å². The second-order valence-corrected chi connectivity index (χ2v) is 4.44. The minimum absolute atomic E-state index is 0.505. The van der Waals surface area contributed by atoms with Crippen molar-refractivity contribution < 1.29 is 4.74 Å². The van der Waals surface area contributed by atoms with E-state index in [1.165, 1.54) is 0 Å². The first-order valence-corrected chi connectivity index (χ1v) is 6.06. The zero-order valence-corrected chi connectivity index (χ0v) is 10.5. The minimum Gasteiger partial charge on any atom is -0.379 e. The van der Waals surface area contributed by atoms with Gasteiger partial charge in [-0.05, 0) is 6.92 Å². The van der Waals surface area contributed by atoms with E-state index in [0.29, 0.717) is 6.04 Å². The lowest BCUT2D eigenvalue weighted by molar-refractivity contribution is 0.0218. The number of hydrogen-bond acceptors (Lipinski definition) is 5. The van der Waals surface area contributed by atoms with Crippen LogP contribution in [-0.2, 0) is 4.74 Å². The molecule has 0 aromatic carbocycles. The van der Waals surface area contributed by atoms with Crippen LogP contribution in [0.15, 0.2) is 18.6 Å². The van der Waals surface area contributed by atoms with Crippen LogP contribution in [0.5, 0.6) is 0 Å². The monoisotopic (exact) mass is 236 g/mol. The normalized spacial score (nSPS) is 18.9. The van der Waals surface area contributed by atoms with Crippen molar-refractivity contribution in [3.05, 3.63) is 18.6 Å². The molecule has 17 heavy (non-hydrogen) atoms. The molecule has 5 heteroatoms. The molecule has 0 N–H and O–H groups in total. The first-order chi connectivity index (χ1) is 8.27. The number of likely N-dealkylation sites (N-methyl/N-ethyl adjacent to an activating group) is 1. The van der Waals surface area contributed by atoms with E-state index in [2.05, 4.69) is 33.7 Å². The Morgan fingerprint density at radius 1 is 1.41 bits per heavy atom. The summed E-state index contributed by atoms with van der Waals surface area (Å²) in [4.78, 5) is 13.0. The maximum absolute atomic E-state index is 5.36. The summed E-state index contributed by atoms with van der Waals surface area (Å²) in [5.41, 5.74) is 0. The van der Waals surface area contributed by atoms with Crippen LogP contribution in [0.4, 0.5) is 5.82 Å². The quantitative estimate of drug-likeness (QED) is 0.767. The highest BCUT2D eigenvalue weighted by Gasteiger charge is 2.18. The SMILES string of the molecule is C[C@@H](CN(C)c1cnccn1)N1CCOCC1. The predicted octanol–water partition coefficient (Wildman–Crippen LogP) is 0.633. The van der Waals surface area contributed by atoms with Crippen LogP contribution in [-0.4, -0.2) is 60.8 Å². The van der Waals surface area contributed by atoms with Crippen LogP contribution in [0.2, 0.25) is 0 Å². The lowest BCUT2D eigenvalue weighted by Crippen LogP contribution is -2.46. The van der Waals surface area contributed by atoms with Crippen molar-refractivity contribution in [1.29, 1.82) is 0 Å². The summed E-state index contributed by atoms with van der Waals surface area (Å²) in [6, 6.07) is 0.505. The van der Waals surface area contributed by atoms with Crippen molar-refractivity contribution in [2.45, 2.75) is 13.0 Å². The Morgan fingerprint density at radius 2 is 2.18 bits per heavy atom. The molecule has 0 unspecified atom stereocenters. The summed E-state index contributed by atoms with van der Waals surface area (Å²) in [6.45, 7) is 6.94. The molecule has 1 aromatic heterocycles. The molecule has 1 saturated heterocycles. The van der Waals surface area contributed by atoms with E-state index in [1.54, 1.807) is 18.6 Å². The average Bonchev–Trinajstić information content (AvgIpc) is 2.40. The summed E-state index contributed by atoms with van der Waals surface area (Å²) in [6.07, 6.45) is 5.22. The Hall–Kier alpha value is -1.20. The summed E-state index contributed by atoms with van der Waals surface area (Å²) in [5.74, 6) is 0.924. The molecular formula is C12H20N4O. The molecule has 0 spiro atoms. The number of ether oxygens (including phenoxy) is 1. The van der Waals surface area contributed by atoms with Gasteiger partial charge >= 0.3 is 0 Å². The molecule has 0 aliphatic carbocycles. The van der Waals surface area contributed by atoms with Gasteiger partial charge in [0, 0.05) is 45.1 Å². The molecule has 94 valence electrons. The lowest BCUT2D eigenvalue weighted by atomic mass is 10.2. The second kappa shape index (κ2) is 5.93. The van der Waals surface area contributed by atoms with Crippen molar-refractivity contribution in [2.75, 3.05) is 44.8 Å². The van der Waals surface area contributed by atoms with E-state index in [1.807, 2.05) is 0 Å². The molecule has 1 atom stereocenters. The maximum atomic E-state index is 5.36. The van der Waals surface area contributed by atoms with E-state index in [-0.39, 0.29) is 0 Å². The highest BCUT2D eigenvalue weighted by atomic mass is 16.5. The number of aromatic nitrogens is 2. The molecule has 1 aliphatic heterocycles. The van der Waals surface area contributed by atoms with Gasteiger partial charge < -0.3 is 9.64 Å². The third-order valence-corrected chi connectivity index (χ3v) is 3.15. The van der Waals surface area contributed by atoms with Crippen molar-refractivity contribution in [2.24, 2.45) is 0 Å². The summed E-state index contributed by atoms with van der Waals surface area (Å²) in [7, 11) is 2.06. The maximum Gasteiger partial charge on any atom is 0.146 e. The molecular weight excluding hydrogens is 216 g/mol. The first kappa shape index (κ1) is 12.3. The van der Waals surface area contributed by atoms with E-state index in [4.69, 9.17) is 4.74 Å². The molecule has 0 bridgehead atoms. The third kappa shape index (κ3) is 3.38. The van der Waals surface area contributed by atoms with Crippen molar-refractivity contribution in [1.82, 2.24) is 14.9 Å². The Labute approximate surface area is 102 Å². The lowest BCUT2D eigenvalue weighted by Gasteiger charge is -2.34. The topological polar surface area (TPSA) is 41.5 Å². The van der Waals surface area contributed by atoms with Gasteiger partial charge in [-0.3, -0.25) is 9.88 Å². The Kier molecular flexibility index (Phi) is 4.28. The highest BCUT2D eigenvalue weighted by molar-refractivity contribution is 5.33. The molecule has 2 rings (SSSR count). The zero-order chi connectivity index (χ0) is 12.1. The van der Waals surface area contributed by atoms with E-state index in [9.17, 15) is 0 Å². The van der Waals surface area contributed by atoms with E-state index in [0.717, 1.165) is 38.7 Å². The average molecular weight is 236 g/mol. The number of nitrogens with zero attached hydrogens (tertiary/aromatic N) is 4. The van der Waals surface area contributed by atoms with Gasteiger partial charge in [-0.2, -0.15) is 0 Å². The van der Waals surface area contributed by atoms with E-state index >= 15 is 0 Å². The van der Waals surface area contributed by atoms with Crippen LogP contribution in [0.1, 0.15) is 6.92 Å². The number of hydrogen-bond donors (Lipinski definition) is 0. The molecule has 5 nitrogen and oxygen atoms in total. The predicted molar refractivity (Wildman–Crippen MR) is 67.2 cm³/mol. The summed E-state index contributed by atoms with van der Waals surface area (Å²) < 4.78 is 5.36. The number of rotatable bonds is 4. The molecule has 1 fully saturated rings. The third-order valence-electron chi connectivity index (χ3n) is 3.15. The van der Waals surface area contributed by atoms with Gasteiger partial charge in [-0.1, -0.05) is 0 Å². The Morgan fingerprint density at radius 3 is 2.82 bits per heavy atom. The summed E-state index contributed by atoms with van der Waals surface area (Å²) in [5, 5.41) is 0. The van der Waals surface area contributed by atoms with Gasteiger partial charge in [-0.25, -0.2) is 4.98 Å². The number of morpholine rings is 1. The van der Waals surface area contributed by atoms with Crippen molar-refractivity contribution >= 4 is 5.82 Å². The zero-order valence-electron chi connectivity index (χ0n) is 10.5. The van der Waals surface area contributed by atoms with Crippen LogP contribution in [0.3, 0.4) is 0 Å². The summed E-state index contributed by atoms with van der Waals surface area (Å²) >= 11 is 0. The van der Waals surface area contributed by atoms with Crippen LogP contribution >= 0.6 is 0 Å². The van der Waals surface area contributed by atoms with Gasteiger partial charge in [0.25, 0.3) is 0 Å². The van der Waals surface area contributed by atoms with Crippen molar-refractivity contribution in [3.8, 4) is 0 Å². The smallest absolute Gasteiger partial charge is 0.146 e. The second-order valence-electron chi connectivity index (χ2n) is 4.44.